The Bertz CT molecular complexity index is 1410. The lowest BCUT2D eigenvalue weighted by molar-refractivity contribution is 0.0827. The van der Waals surface area contributed by atoms with E-state index in [-0.39, 0.29) is 34.7 Å². The van der Waals surface area contributed by atoms with E-state index < -0.39 is 10.0 Å². The van der Waals surface area contributed by atoms with Gasteiger partial charge in [0.15, 0.2) is 5.78 Å². The van der Waals surface area contributed by atoms with Crippen molar-refractivity contribution in [1.82, 2.24) is 0 Å². The van der Waals surface area contributed by atoms with Crippen LogP contribution in [0.5, 0.6) is 0 Å². The predicted octanol–water partition coefficient (Wildman–Crippen LogP) is 6.19. The van der Waals surface area contributed by atoms with Crippen LogP contribution in [0.1, 0.15) is 65.0 Å². The van der Waals surface area contributed by atoms with Gasteiger partial charge in [0.1, 0.15) is 0 Å². The summed E-state index contributed by atoms with van der Waals surface area (Å²) in [6, 6.07) is 18.6. The highest BCUT2D eigenvalue weighted by Crippen LogP contribution is 2.50. The molecule has 0 unspecified atom stereocenters. The number of ketones is 1. The zero-order chi connectivity index (χ0) is 25.6. The van der Waals surface area contributed by atoms with Gasteiger partial charge in [0.2, 0.25) is 0 Å². The first-order valence-electron chi connectivity index (χ1n) is 12.4. The van der Waals surface area contributed by atoms with Crippen LogP contribution in [-0.4, -0.2) is 20.8 Å². The van der Waals surface area contributed by atoms with Gasteiger partial charge in [0.25, 0.3) is 10.0 Å². The molecule has 36 heavy (non-hydrogen) atoms. The van der Waals surface area contributed by atoms with Crippen LogP contribution in [0.3, 0.4) is 0 Å². The number of hydrogen-bond donors (Lipinski definition) is 2. The average Bonchev–Trinajstić information content (AvgIpc) is 3.35. The summed E-state index contributed by atoms with van der Waals surface area (Å²) < 4.78 is 35.2. The summed E-state index contributed by atoms with van der Waals surface area (Å²) in [7, 11) is -3.76. The van der Waals surface area contributed by atoms with Crippen molar-refractivity contribution in [3.63, 3.8) is 0 Å². The molecule has 188 valence electrons. The Kier molecular flexibility index (Phi) is 6.39. The molecule has 2 aliphatic rings. The van der Waals surface area contributed by atoms with Gasteiger partial charge in [-0.25, -0.2) is 8.42 Å². The summed E-state index contributed by atoms with van der Waals surface area (Å²) in [5.74, 6) is 0.252. The number of Topliss-reactive ketones (excluding diaryl/α,β-unsaturated/α-hetero) is 1. The molecular formula is C29H32N2O4S. The molecule has 3 aromatic carbocycles. The van der Waals surface area contributed by atoms with Crippen LogP contribution in [-0.2, 0) is 14.8 Å². The Balaban J connectivity index is 1.43. The molecule has 2 N–H and O–H groups in total. The molecule has 0 spiro atoms. The summed E-state index contributed by atoms with van der Waals surface area (Å²) in [5.41, 5.74) is 6.23. The Hall–Kier alpha value is -3.16. The van der Waals surface area contributed by atoms with E-state index in [1.165, 1.54) is 0 Å². The quantitative estimate of drug-likeness (QED) is 0.391. The number of aryl methyl sites for hydroxylation is 2. The van der Waals surface area contributed by atoms with Crippen LogP contribution in [0.25, 0.3) is 0 Å². The second-order valence-corrected chi connectivity index (χ2v) is 11.8. The second kappa shape index (κ2) is 9.37. The standard InChI is InChI=1S/C29H32N2O4S/c1-17(2)28(32)21-8-6-20(7-9-21)27-24-13-14-35-29(24)25-16-23(11-12-26(25)30-27)36(33,34)31-22-10-5-18(3)19(4)15-22/h5-12,15-17,24,27,29-31H,13-14H2,1-4H3/t24-,27-,29-/m0/s1. The normalized spacial score (nSPS) is 21.0. The number of carbonyl (C=O) groups is 1. The van der Waals surface area contributed by atoms with E-state index in [0.29, 0.717) is 12.3 Å². The van der Waals surface area contributed by atoms with Crippen LogP contribution < -0.4 is 10.0 Å². The van der Waals surface area contributed by atoms with Crippen LogP contribution in [0.15, 0.2) is 65.6 Å². The van der Waals surface area contributed by atoms with Crippen molar-refractivity contribution in [3.05, 3.63) is 88.5 Å². The summed E-state index contributed by atoms with van der Waals surface area (Å²) >= 11 is 0. The minimum Gasteiger partial charge on any atom is -0.378 e. The van der Waals surface area contributed by atoms with Crippen molar-refractivity contribution in [1.29, 1.82) is 0 Å². The highest BCUT2D eigenvalue weighted by molar-refractivity contribution is 7.92. The predicted molar refractivity (Wildman–Crippen MR) is 142 cm³/mol. The minimum absolute atomic E-state index is 0.0179. The molecule has 3 aromatic rings. The Morgan fingerprint density at radius 1 is 1.00 bits per heavy atom. The number of carbonyl (C=O) groups excluding carboxylic acids is 1. The van der Waals surface area contributed by atoms with Gasteiger partial charge in [-0.1, -0.05) is 44.2 Å². The van der Waals surface area contributed by atoms with E-state index in [1.807, 2.05) is 70.2 Å². The smallest absolute Gasteiger partial charge is 0.261 e. The summed E-state index contributed by atoms with van der Waals surface area (Å²) in [5, 5.41) is 3.62. The molecule has 0 aliphatic carbocycles. The zero-order valence-electron chi connectivity index (χ0n) is 21.0. The van der Waals surface area contributed by atoms with E-state index in [0.717, 1.165) is 39.9 Å². The molecule has 0 radical (unpaired) electrons. The van der Waals surface area contributed by atoms with E-state index >= 15 is 0 Å². The van der Waals surface area contributed by atoms with Gasteiger partial charge >= 0.3 is 0 Å². The van der Waals surface area contributed by atoms with Crippen molar-refractivity contribution in [3.8, 4) is 0 Å². The number of ether oxygens (including phenoxy) is 1. The summed E-state index contributed by atoms with van der Waals surface area (Å²) in [4.78, 5) is 12.6. The first-order valence-corrected chi connectivity index (χ1v) is 13.9. The first-order chi connectivity index (χ1) is 17.1. The fraction of sp³-hybridized carbons (Fsp3) is 0.345. The lowest BCUT2D eigenvalue weighted by Gasteiger charge is -2.36. The minimum atomic E-state index is -3.76. The molecular weight excluding hydrogens is 472 g/mol. The first kappa shape index (κ1) is 24.5. The molecule has 3 atom stereocenters. The van der Waals surface area contributed by atoms with E-state index in [1.54, 1.807) is 18.2 Å². The molecule has 0 saturated carbocycles. The van der Waals surface area contributed by atoms with Crippen LogP contribution in [0, 0.1) is 25.7 Å². The van der Waals surface area contributed by atoms with Crippen molar-refractivity contribution in [2.45, 2.75) is 51.2 Å². The van der Waals surface area contributed by atoms with Gasteiger partial charge in [-0.2, -0.15) is 0 Å². The molecule has 2 heterocycles. The third-order valence-corrected chi connectivity index (χ3v) is 8.73. The van der Waals surface area contributed by atoms with E-state index in [2.05, 4.69) is 10.0 Å². The summed E-state index contributed by atoms with van der Waals surface area (Å²) in [6.07, 6.45) is 0.673. The SMILES string of the molecule is Cc1ccc(NS(=O)(=O)c2ccc3c(c2)[C@H]2OCC[C@H]2[C@H](c2ccc(C(=O)C(C)C)cc2)N3)cc1C. The van der Waals surface area contributed by atoms with Crippen molar-refractivity contribution >= 4 is 27.2 Å². The van der Waals surface area contributed by atoms with Crippen LogP contribution in [0.4, 0.5) is 11.4 Å². The largest absolute Gasteiger partial charge is 0.378 e. The third kappa shape index (κ3) is 4.53. The number of hydrogen-bond acceptors (Lipinski definition) is 5. The van der Waals surface area contributed by atoms with Crippen molar-refractivity contribution < 1.29 is 17.9 Å². The highest BCUT2D eigenvalue weighted by Gasteiger charge is 2.42. The number of nitrogens with one attached hydrogen (secondary N) is 2. The molecule has 7 heteroatoms. The molecule has 5 rings (SSSR count). The topological polar surface area (TPSA) is 84.5 Å². The van der Waals surface area contributed by atoms with Crippen LogP contribution in [0.2, 0.25) is 0 Å². The Labute approximate surface area is 213 Å². The molecule has 2 aliphatic heterocycles. The maximum atomic E-state index is 13.2. The number of anilines is 2. The van der Waals surface area contributed by atoms with Gasteiger partial charge in [0.05, 0.1) is 17.0 Å². The third-order valence-electron chi connectivity index (χ3n) is 7.35. The number of benzene rings is 3. The average molecular weight is 505 g/mol. The van der Waals surface area contributed by atoms with E-state index in [9.17, 15) is 13.2 Å². The lowest BCUT2D eigenvalue weighted by atomic mass is 9.81. The van der Waals surface area contributed by atoms with Gasteiger partial charge < -0.3 is 10.1 Å². The highest BCUT2D eigenvalue weighted by atomic mass is 32.2. The fourth-order valence-electron chi connectivity index (χ4n) is 5.15. The van der Waals surface area contributed by atoms with Crippen molar-refractivity contribution in [2.75, 3.05) is 16.6 Å². The lowest BCUT2D eigenvalue weighted by Crippen LogP contribution is -2.29. The molecule has 1 saturated heterocycles. The molecule has 0 aromatic heterocycles. The van der Waals surface area contributed by atoms with Gasteiger partial charge in [-0.3, -0.25) is 9.52 Å². The Morgan fingerprint density at radius 2 is 1.75 bits per heavy atom. The number of sulfonamides is 1. The van der Waals surface area contributed by atoms with Gasteiger partial charge in [-0.05, 0) is 67.3 Å². The summed E-state index contributed by atoms with van der Waals surface area (Å²) in [6.45, 7) is 8.38. The number of rotatable bonds is 6. The molecule has 6 nitrogen and oxygen atoms in total. The van der Waals surface area contributed by atoms with Gasteiger partial charge in [0, 0.05) is 40.9 Å². The second-order valence-electron chi connectivity index (χ2n) is 10.2. The molecule has 0 amide bonds. The zero-order valence-corrected chi connectivity index (χ0v) is 21.9. The fourth-order valence-corrected chi connectivity index (χ4v) is 6.24. The molecule has 0 bridgehead atoms. The maximum Gasteiger partial charge on any atom is 0.261 e. The monoisotopic (exact) mass is 504 g/mol. The Morgan fingerprint density at radius 3 is 2.44 bits per heavy atom. The van der Waals surface area contributed by atoms with Crippen molar-refractivity contribution in [2.24, 2.45) is 11.8 Å². The van der Waals surface area contributed by atoms with Crippen LogP contribution >= 0.6 is 0 Å². The van der Waals surface area contributed by atoms with Gasteiger partial charge in [-0.15, -0.1) is 0 Å². The van der Waals surface area contributed by atoms with E-state index in [4.69, 9.17) is 4.74 Å². The maximum absolute atomic E-state index is 13.2. The number of fused-ring (bicyclic) bond motifs is 3. The molecule has 1 fully saturated rings.